The van der Waals surface area contributed by atoms with E-state index in [2.05, 4.69) is 14.8 Å². The second-order valence-electron chi connectivity index (χ2n) is 3.06. The summed E-state index contributed by atoms with van der Waals surface area (Å²) in [6.07, 6.45) is -1.74. The van der Waals surface area contributed by atoms with E-state index in [1.807, 2.05) is 0 Å². The molecule has 0 aliphatic carbocycles. The molecule has 7 heteroatoms. The Kier molecular flexibility index (Phi) is 4.79. The van der Waals surface area contributed by atoms with Gasteiger partial charge in [-0.05, 0) is 0 Å². The molecule has 0 amide bonds. The van der Waals surface area contributed by atoms with E-state index in [1.54, 1.807) is 19.2 Å². The Labute approximate surface area is 104 Å². The standard InChI is InChI=1S/C11H13NO6/c1-12-7-4-8(17-10(13)15-2)6-9(5-7)18-11(14)16-3/h4-6,12H,1-3H3. The summed E-state index contributed by atoms with van der Waals surface area (Å²) >= 11 is 0. The van der Waals surface area contributed by atoms with Gasteiger partial charge in [0.2, 0.25) is 0 Å². The SMILES string of the molecule is CNc1cc(OC(=O)OC)cc(OC(=O)OC)c1. The van der Waals surface area contributed by atoms with E-state index >= 15 is 0 Å². The van der Waals surface area contributed by atoms with E-state index in [-0.39, 0.29) is 11.5 Å². The lowest BCUT2D eigenvalue weighted by atomic mass is 10.3. The summed E-state index contributed by atoms with van der Waals surface area (Å²) in [5.41, 5.74) is 0.593. The van der Waals surface area contributed by atoms with Crippen LogP contribution in [0.3, 0.4) is 0 Å². The number of benzene rings is 1. The Balaban J connectivity index is 2.93. The fourth-order valence-electron chi connectivity index (χ4n) is 1.11. The van der Waals surface area contributed by atoms with Gasteiger partial charge < -0.3 is 24.3 Å². The first-order valence-corrected chi connectivity index (χ1v) is 4.93. The van der Waals surface area contributed by atoms with Gasteiger partial charge in [0.15, 0.2) is 0 Å². The molecule has 1 aromatic carbocycles. The maximum atomic E-state index is 11.0. The van der Waals surface area contributed by atoms with E-state index in [0.717, 1.165) is 0 Å². The number of rotatable bonds is 3. The van der Waals surface area contributed by atoms with Crippen LogP contribution in [0.15, 0.2) is 18.2 Å². The van der Waals surface area contributed by atoms with Crippen molar-refractivity contribution in [2.75, 3.05) is 26.6 Å². The lowest BCUT2D eigenvalue weighted by Crippen LogP contribution is -2.10. The van der Waals surface area contributed by atoms with Crippen molar-refractivity contribution in [3.63, 3.8) is 0 Å². The highest BCUT2D eigenvalue weighted by molar-refractivity contribution is 5.68. The lowest BCUT2D eigenvalue weighted by Gasteiger charge is -2.09. The molecule has 18 heavy (non-hydrogen) atoms. The number of nitrogens with one attached hydrogen (secondary N) is 1. The molecule has 0 unspecified atom stereocenters. The summed E-state index contributed by atoms with van der Waals surface area (Å²) in [6.45, 7) is 0. The molecule has 98 valence electrons. The molecule has 1 rings (SSSR count). The zero-order valence-corrected chi connectivity index (χ0v) is 10.2. The van der Waals surface area contributed by atoms with Gasteiger partial charge >= 0.3 is 12.3 Å². The van der Waals surface area contributed by atoms with Gasteiger partial charge in [0.25, 0.3) is 0 Å². The van der Waals surface area contributed by atoms with Crippen LogP contribution in [-0.4, -0.2) is 33.6 Å². The second-order valence-corrected chi connectivity index (χ2v) is 3.06. The van der Waals surface area contributed by atoms with Crippen LogP contribution in [0.25, 0.3) is 0 Å². The highest BCUT2D eigenvalue weighted by Crippen LogP contribution is 2.26. The van der Waals surface area contributed by atoms with Crippen molar-refractivity contribution in [2.45, 2.75) is 0 Å². The number of methoxy groups -OCH3 is 2. The quantitative estimate of drug-likeness (QED) is 0.653. The fourth-order valence-corrected chi connectivity index (χ4v) is 1.11. The lowest BCUT2D eigenvalue weighted by molar-refractivity contribution is 0.120. The molecule has 0 saturated heterocycles. The minimum absolute atomic E-state index is 0.174. The van der Waals surface area contributed by atoms with Crippen LogP contribution in [0.1, 0.15) is 0 Å². The first-order valence-electron chi connectivity index (χ1n) is 4.93. The molecule has 1 aromatic rings. The molecule has 0 saturated carbocycles. The van der Waals surface area contributed by atoms with Crippen molar-refractivity contribution in [2.24, 2.45) is 0 Å². The average molecular weight is 255 g/mol. The molecule has 0 radical (unpaired) electrons. The summed E-state index contributed by atoms with van der Waals surface area (Å²) < 4.78 is 18.4. The minimum atomic E-state index is -0.868. The molecule has 0 spiro atoms. The van der Waals surface area contributed by atoms with Crippen molar-refractivity contribution < 1.29 is 28.5 Å². The summed E-state index contributed by atoms with van der Waals surface area (Å²) in [4.78, 5) is 21.9. The van der Waals surface area contributed by atoms with E-state index in [4.69, 9.17) is 9.47 Å². The highest BCUT2D eigenvalue weighted by Gasteiger charge is 2.10. The van der Waals surface area contributed by atoms with Gasteiger partial charge in [0.05, 0.1) is 14.2 Å². The van der Waals surface area contributed by atoms with Crippen LogP contribution in [0, 0.1) is 0 Å². The van der Waals surface area contributed by atoms with Gasteiger partial charge in [0.1, 0.15) is 11.5 Å². The van der Waals surface area contributed by atoms with Crippen LogP contribution < -0.4 is 14.8 Å². The number of carbonyl (C=O) groups excluding carboxylic acids is 2. The third kappa shape index (κ3) is 3.85. The smallest absolute Gasteiger partial charge is 0.437 e. The summed E-state index contributed by atoms with van der Waals surface area (Å²) in [7, 11) is 4.05. The second kappa shape index (κ2) is 6.33. The fraction of sp³-hybridized carbons (Fsp3) is 0.273. The van der Waals surface area contributed by atoms with Gasteiger partial charge in [-0.3, -0.25) is 0 Å². The topological polar surface area (TPSA) is 83.1 Å². The normalized spacial score (nSPS) is 9.28. The molecule has 0 fully saturated rings. The average Bonchev–Trinajstić information content (AvgIpc) is 2.37. The maximum absolute atomic E-state index is 11.0. The molecular formula is C11H13NO6. The van der Waals surface area contributed by atoms with Gasteiger partial charge in [-0.15, -0.1) is 0 Å². The summed E-state index contributed by atoms with van der Waals surface area (Å²) in [5.74, 6) is 0.347. The summed E-state index contributed by atoms with van der Waals surface area (Å²) in [5, 5.41) is 2.83. The van der Waals surface area contributed by atoms with Crippen LogP contribution in [0.4, 0.5) is 15.3 Å². The Hall–Kier alpha value is -2.44. The van der Waals surface area contributed by atoms with Crippen LogP contribution in [0.5, 0.6) is 11.5 Å². The molecule has 0 aromatic heterocycles. The predicted octanol–water partition coefficient (Wildman–Crippen LogP) is 2.02. The molecule has 0 atom stereocenters. The Morgan fingerprint density at radius 2 is 1.39 bits per heavy atom. The summed E-state index contributed by atoms with van der Waals surface area (Å²) in [6, 6.07) is 4.44. The molecule has 1 N–H and O–H groups in total. The van der Waals surface area contributed by atoms with Crippen molar-refractivity contribution in [3.8, 4) is 11.5 Å². The monoisotopic (exact) mass is 255 g/mol. The van der Waals surface area contributed by atoms with E-state index in [9.17, 15) is 9.59 Å². The van der Waals surface area contributed by atoms with E-state index in [1.165, 1.54) is 20.3 Å². The van der Waals surface area contributed by atoms with Gasteiger partial charge in [-0.2, -0.15) is 0 Å². The molecule has 0 heterocycles. The Bertz CT molecular complexity index is 409. The van der Waals surface area contributed by atoms with Gasteiger partial charge in [-0.25, -0.2) is 9.59 Å². The Morgan fingerprint density at radius 3 is 1.72 bits per heavy atom. The highest BCUT2D eigenvalue weighted by atomic mass is 16.7. The number of carbonyl (C=O) groups is 2. The third-order valence-corrected chi connectivity index (χ3v) is 1.90. The van der Waals surface area contributed by atoms with Crippen LogP contribution in [0.2, 0.25) is 0 Å². The molecular weight excluding hydrogens is 242 g/mol. The number of hydrogen-bond acceptors (Lipinski definition) is 7. The van der Waals surface area contributed by atoms with Crippen molar-refractivity contribution in [1.29, 1.82) is 0 Å². The third-order valence-electron chi connectivity index (χ3n) is 1.90. The molecule has 7 nitrogen and oxygen atoms in total. The number of hydrogen-bond donors (Lipinski definition) is 1. The predicted molar refractivity (Wildman–Crippen MR) is 62.1 cm³/mol. The first kappa shape index (κ1) is 13.6. The van der Waals surface area contributed by atoms with Gasteiger partial charge in [0, 0.05) is 30.9 Å². The Morgan fingerprint density at radius 1 is 0.944 bits per heavy atom. The molecule has 0 aliphatic rings. The molecule has 0 aliphatic heterocycles. The zero-order chi connectivity index (χ0) is 13.5. The van der Waals surface area contributed by atoms with Crippen molar-refractivity contribution in [3.05, 3.63) is 18.2 Å². The number of anilines is 1. The maximum Gasteiger partial charge on any atom is 0.513 e. The van der Waals surface area contributed by atoms with Crippen molar-refractivity contribution >= 4 is 18.0 Å². The molecule has 0 bridgehead atoms. The van der Waals surface area contributed by atoms with E-state index < -0.39 is 12.3 Å². The van der Waals surface area contributed by atoms with Crippen molar-refractivity contribution in [1.82, 2.24) is 0 Å². The first-order chi connectivity index (χ1) is 8.58. The van der Waals surface area contributed by atoms with Crippen LogP contribution in [-0.2, 0) is 9.47 Å². The minimum Gasteiger partial charge on any atom is -0.437 e. The largest absolute Gasteiger partial charge is 0.513 e. The van der Waals surface area contributed by atoms with Crippen LogP contribution >= 0.6 is 0 Å². The zero-order valence-electron chi connectivity index (χ0n) is 10.2. The van der Waals surface area contributed by atoms with E-state index in [0.29, 0.717) is 5.69 Å². The van der Waals surface area contributed by atoms with Gasteiger partial charge in [-0.1, -0.05) is 0 Å². The number of ether oxygens (including phenoxy) is 4.